The number of esters is 1. The van der Waals surface area contributed by atoms with E-state index >= 15 is 0 Å². The molecular weight excluding hydrogens is 268 g/mol. The van der Waals surface area contributed by atoms with Gasteiger partial charge >= 0.3 is 5.97 Å². The Morgan fingerprint density at radius 3 is 2.68 bits per heavy atom. The summed E-state index contributed by atoms with van der Waals surface area (Å²) in [5.74, 6) is -0.131. The Kier molecular flexibility index (Phi) is 5.82. The number of ether oxygens (including phenoxy) is 2. The van der Waals surface area contributed by atoms with Crippen molar-refractivity contribution in [3.05, 3.63) is 24.3 Å². The van der Waals surface area contributed by atoms with Gasteiger partial charge in [0.2, 0.25) is 0 Å². The maximum Gasteiger partial charge on any atom is 0.344 e. The molecule has 0 heterocycles. The first-order valence-electron chi connectivity index (χ1n) is 6.02. The number of unbranched alkanes of at least 4 members (excludes halogenated alkanes) is 1. The molecule has 0 atom stereocenters. The molecule has 1 rings (SSSR count). The van der Waals surface area contributed by atoms with E-state index in [1.807, 2.05) is 6.92 Å². The standard InChI is InChI=1S/C13H18O5S/c1-3-4-8-17-13(14)10-18-11-6-5-7-12(9-11)19(2,15)16/h5-7,9H,3-4,8,10H2,1-2H3. The van der Waals surface area contributed by atoms with E-state index in [0.29, 0.717) is 12.4 Å². The topological polar surface area (TPSA) is 69.7 Å². The average molecular weight is 286 g/mol. The van der Waals surface area contributed by atoms with E-state index in [1.165, 1.54) is 12.1 Å². The lowest BCUT2D eigenvalue weighted by Gasteiger charge is -2.07. The summed E-state index contributed by atoms with van der Waals surface area (Å²) in [6.07, 6.45) is 2.88. The van der Waals surface area contributed by atoms with E-state index in [4.69, 9.17) is 9.47 Å². The second-order valence-corrected chi connectivity index (χ2v) is 6.13. The minimum Gasteiger partial charge on any atom is -0.482 e. The number of rotatable bonds is 7. The Morgan fingerprint density at radius 1 is 1.32 bits per heavy atom. The lowest BCUT2D eigenvalue weighted by Crippen LogP contribution is -2.15. The molecular formula is C13H18O5S. The van der Waals surface area contributed by atoms with Gasteiger partial charge in [-0.2, -0.15) is 0 Å². The number of carbonyl (C=O) groups excluding carboxylic acids is 1. The third kappa shape index (κ3) is 5.74. The highest BCUT2D eigenvalue weighted by Crippen LogP contribution is 2.17. The van der Waals surface area contributed by atoms with Crippen LogP contribution in [0.2, 0.25) is 0 Å². The summed E-state index contributed by atoms with van der Waals surface area (Å²) in [5.41, 5.74) is 0. The lowest BCUT2D eigenvalue weighted by molar-refractivity contribution is -0.146. The second kappa shape index (κ2) is 7.13. The molecule has 6 heteroatoms. The lowest BCUT2D eigenvalue weighted by atomic mass is 10.3. The van der Waals surface area contributed by atoms with Gasteiger partial charge < -0.3 is 9.47 Å². The van der Waals surface area contributed by atoms with Gasteiger partial charge in [-0.1, -0.05) is 19.4 Å². The smallest absolute Gasteiger partial charge is 0.344 e. The van der Waals surface area contributed by atoms with Crippen molar-refractivity contribution >= 4 is 15.8 Å². The minimum atomic E-state index is -3.28. The first-order valence-corrected chi connectivity index (χ1v) is 7.91. The minimum absolute atomic E-state index is 0.157. The highest BCUT2D eigenvalue weighted by molar-refractivity contribution is 7.90. The summed E-state index contributed by atoms with van der Waals surface area (Å²) in [6.45, 7) is 2.15. The summed E-state index contributed by atoms with van der Waals surface area (Å²) in [7, 11) is -3.28. The number of hydrogen-bond donors (Lipinski definition) is 0. The average Bonchev–Trinajstić information content (AvgIpc) is 2.36. The SMILES string of the molecule is CCCCOC(=O)COc1cccc(S(C)(=O)=O)c1. The third-order valence-corrected chi connectivity index (χ3v) is 3.46. The molecule has 0 unspecified atom stereocenters. The van der Waals surface area contributed by atoms with Crippen LogP contribution in [0.4, 0.5) is 0 Å². The third-order valence-electron chi connectivity index (χ3n) is 2.35. The van der Waals surface area contributed by atoms with Crippen LogP contribution in [-0.2, 0) is 19.4 Å². The first-order chi connectivity index (χ1) is 8.93. The van der Waals surface area contributed by atoms with Gasteiger partial charge in [0.15, 0.2) is 16.4 Å². The van der Waals surface area contributed by atoms with Crippen molar-refractivity contribution in [2.75, 3.05) is 19.5 Å². The zero-order valence-electron chi connectivity index (χ0n) is 11.1. The fourth-order valence-electron chi connectivity index (χ4n) is 1.31. The summed E-state index contributed by atoms with van der Waals surface area (Å²) in [6, 6.07) is 6.01. The van der Waals surface area contributed by atoms with E-state index in [1.54, 1.807) is 12.1 Å². The van der Waals surface area contributed by atoms with Crippen LogP contribution >= 0.6 is 0 Å². The number of sulfone groups is 1. The normalized spacial score (nSPS) is 11.1. The quantitative estimate of drug-likeness (QED) is 0.565. The van der Waals surface area contributed by atoms with Crippen LogP contribution in [0.15, 0.2) is 29.2 Å². The van der Waals surface area contributed by atoms with Gasteiger partial charge in [0.05, 0.1) is 11.5 Å². The maximum absolute atomic E-state index is 11.4. The van der Waals surface area contributed by atoms with Crippen molar-refractivity contribution in [2.45, 2.75) is 24.7 Å². The molecule has 0 bridgehead atoms. The van der Waals surface area contributed by atoms with Crippen LogP contribution in [0.3, 0.4) is 0 Å². The molecule has 1 aromatic rings. The first kappa shape index (κ1) is 15.5. The molecule has 0 radical (unpaired) electrons. The summed E-state index contributed by atoms with van der Waals surface area (Å²) in [4.78, 5) is 11.5. The van der Waals surface area contributed by atoms with E-state index < -0.39 is 15.8 Å². The van der Waals surface area contributed by atoms with Gasteiger partial charge in [-0.15, -0.1) is 0 Å². The van der Waals surface area contributed by atoms with Gasteiger partial charge in [0.25, 0.3) is 0 Å². The monoisotopic (exact) mass is 286 g/mol. The Bertz CT molecular complexity index is 522. The molecule has 0 aliphatic rings. The van der Waals surface area contributed by atoms with Crippen LogP contribution in [-0.4, -0.2) is 33.9 Å². The Labute approximate surface area is 113 Å². The van der Waals surface area contributed by atoms with Crippen molar-refractivity contribution in [3.8, 4) is 5.75 Å². The van der Waals surface area contributed by atoms with E-state index in [2.05, 4.69) is 0 Å². The maximum atomic E-state index is 11.4. The van der Waals surface area contributed by atoms with Crippen LogP contribution in [0.25, 0.3) is 0 Å². The molecule has 0 saturated carbocycles. The second-order valence-electron chi connectivity index (χ2n) is 4.11. The van der Waals surface area contributed by atoms with Crippen LogP contribution < -0.4 is 4.74 Å². The molecule has 0 amide bonds. The molecule has 0 aliphatic carbocycles. The highest BCUT2D eigenvalue weighted by atomic mass is 32.2. The van der Waals surface area contributed by atoms with Crippen molar-refractivity contribution in [2.24, 2.45) is 0 Å². The van der Waals surface area contributed by atoms with E-state index in [9.17, 15) is 13.2 Å². The number of carbonyl (C=O) groups is 1. The van der Waals surface area contributed by atoms with Crippen molar-refractivity contribution in [1.29, 1.82) is 0 Å². The fourth-order valence-corrected chi connectivity index (χ4v) is 1.96. The molecule has 19 heavy (non-hydrogen) atoms. The summed E-state index contributed by atoms with van der Waals surface area (Å²) < 4.78 is 32.8. The highest BCUT2D eigenvalue weighted by Gasteiger charge is 2.09. The Morgan fingerprint density at radius 2 is 2.05 bits per heavy atom. The van der Waals surface area contributed by atoms with E-state index in [-0.39, 0.29) is 11.5 Å². The Hall–Kier alpha value is -1.56. The fraction of sp³-hybridized carbons (Fsp3) is 0.462. The largest absolute Gasteiger partial charge is 0.482 e. The van der Waals surface area contributed by atoms with Gasteiger partial charge in [-0.3, -0.25) is 0 Å². The predicted octanol–water partition coefficient (Wildman–Crippen LogP) is 1.81. The molecule has 0 saturated heterocycles. The summed E-state index contributed by atoms with van der Waals surface area (Å²) in [5, 5.41) is 0. The molecule has 0 spiro atoms. The zero-order chi connectivity index (χ0) is 14.3. The van der Waals surface area contributed by atoms with Gasteiger partial charge in [-0.05, 0) is 24.6 Å². The van der Waals surface area contributed by atoms with Crippen LogP contribution in [0.1, 0.15) is 19.8 Å². The predicted molar refractivity (Wildman–Crippen MR) is 70.9 cm³/mol. The molecule has 0 fully saturated rings. The van der Waals surface area contributed by atoms with Crippen molar-refractivity contribution < 1.29 is 22.7 Å². The van der Waals surface area contributed by atoms with Gasteiger partial charge in [0.1, 0.15) is 5.75 Å². The van der Waals surface area contributed by atoms with Crippen LogP contribution in [0, 0.1) is 0 Å². The molecule has 0 N–H and O–H groups in total. The van der Waals surface area contributed by atoms with E-state index in [0.717, 1.165) is 19.1 Å². The molecule has 5 nitrogen and oxygen atoms in total. The van der Waals surface area contributed by atoms with Crippen molar-refractivity contribution in [3.63, 3.8) is 0 Å². The number of benzene rings is 1. The zero-order valence-corrected chi connectivity index (χ0v) is 11.9. The Balaban J connectivity index is 2.52. The molecule has 106 valence electrons. The van der Waals surface area contributed by atoms with Gasteiger partial charge in [-0.25, -0.2) is 13.2 Å². The van der Waals surface area contributed by atoms with Crippen LogP contribution in [0.5, 0.6) is 5.75 Å². The number of hydrogen-bond acceptors (Lipinski definition) is 5. The van der Waals surface area contributed by atoms with Crippen molar-refractivity contribution in [1.82, 2.24) is 0 Å². The van der Waals surface area contributed by atoms with Gasteiger partial charge in [0, 0.05) is 6.26 Å². The molecule has 0 aliphatic heterocycles. The summed E-state index contributed by atoms with van der Waals surface area (Å²) >= 11 is 0. The molecule has 1 aromatic carbocycles. The molecule has 0 aromatic heterocycles.